The summed E-state index contributed by atoms with van der Waals surface area (Å²) in [5.41, 5.74) is 1.26. The summed E-state index contributed by atoms with van der Waals surface area (Å²) in [7, 11) is -0.967. The molecular weight excluding hydrogens is 344 g/mol. The average molecular weight is 369 g/mol. The predicted octanol–water partition coefficient (Wildman–Crippen LogP) is 4.31. The quantitative estimate of drug-likeness (QED) is 0.737. The number of hydrogen-bond acceptors (Lipinski definition) is 4. The maximum absolute atomic E-state index is 14.7. The Morgan fingerprint density at radius 1 is 1.22 bits per heavy atom. The molecule has 0 spiro atoms. The Balaban J connectivity index is 1.54. The molecule has 142 valence electrons. The van der Waals surface area contributed by atoms with E-state index in [1.54, 1.807) is 6.20 Å². The second kappa shape index (κ2) is 6.57. The van der Waals surface area contributed by atoms with Gasteiger partial charge < -0.3 is 9.31 Å². The highest BCUT2D eigenvalue weighted by Crippen LogP contribution is 2.41. The van der Waals surface area contributed by atoms with Gasteiger partial charge in [-0.1, -0.05) is 6.07 Å². The van der Waals surface area contributed by atoms with E-state index in [1.807, 2.05) is 50.6 Å². The van der Waals surface area contributed by atoms with Crippen molar-refractivity contribution in [3.63, 3.8) is 0 Å². The van der Waals surface area contributed by atoms with Crippen molar-refractivity contribution in [2.75, 3.05) is 0 Å². The normalized spacial score (nSPS) is 21.7. The van der Waals surface area contributed by atoms with E-state index in [2.05, 4.69) is 16.1 Å². The van der Waals surface area contributed by atoms with Gasteiger partial charge in [0.1, 0.15) is 11.4 Å². The van der Waals surface area contributed by atoms with Crippen molar-refractivity contribution in [1.29, 1.82) is 0 Å². The molecule has 1 saturated carbocycles. The van der Waals surface area contributed by atoms with Gasteiger partial charge >= 0.3 is 7.12 Å². The van der Waals surface area contributed by atoms with Gasteiger partial charge in [0.25, 0.3) is 0 Å². The molecule has 1 saturated heterocycles. The fraction of sp³-hybridized carbons (Fsp3) is 0.500. The highest BCUT2D eigenvalue weighted by atomic mass is 19.1. The highest BCUT2D eigenvalue weighted by molar-refractivity contribution is 6.53. The van der Waals surface area contributed by atoms with Gasteiger partial charge in [0, 0.05) is 17.8 Å². The van der Waals surface area contributed by atoms with E-state index in [0.29, 0.717) is 12.5 Å². The van der Waals surface area contributed by atoms with Crippen LogP contribution in [0.5, 0.6) is 0 Å². The van der Waals surface area contributed by atoms with Crippen LogP contribution in [0.2, 0.25) is 0 Å². The van der Waals surface area contributed by atoms with Gasteiger partial charge in [0.15, 0.2) is 0 Å². The molecule has 0 atom stereocenters. The van der Waals surface area contributed by atoms with Crippen LogP contribution < -0.4 is 0 Å². The lowest BCUT2D eigenvalue weighted by Gasteiger charge is -2.32. The molecule has 0 aromatic carbocycles. The molecule has 5 nitrogen and oxygen atoms in total. The lowest BCUT2D eigenvalue weighted by Crippen LogP contribution is -2.41. The van der Waals surface area contributed by atoms with Gasteiger partial charge in [0.2, 0.25) is 0 Å². The topological polar surface area (TPSA) is 49.2 Å². The third-order valence-corrected chi connectivity index (χ3v) is 5.67. The van der Waals surface area contributed by atoms with E-state index in [1.165, 1.54) is 6.08 Å². The number of halogens is 1. The molecule has 2 fully saturated rings. The number of nitrogens with zero attached hydrogens (tertiary/aromatic N) is 3. The van der Waals surface area contributed by atoms with Crippen molar-refractivity contribution >= 4 is 7.12 Å². The van der Waals surface area contributed by atoms with Gasteiger partial charge in [-0.2, -0.15) is 5.10 Å². The molecule has 4 rings (SSSR count). The van der Waals surface area contributed by atoms with E-state index < -0.39 is 24.0 Å². The number of rotatable bonds is 5. The van der Waals surface area contributed by atoms with Crippen LogP contribution in [-0.2, 0) is 15.9 Å². The van der Waals surface area contributed by atoms with Crippen molar-refractivity contribution in [2.45, 2.75) is 64.2 Å². The van der Waals surface area contributed by atoms with E-state index in [4.69, 9.17) is 9.31 Å². The summed E-state index contributed by atoms with van der Waals surface area (Å²) >= 11 is 0. The molecule has 7 heteroatoms. The van der Waals surface area contributed by atoms with Gasteiger partial charge in [-0.3, -0.25) is 9.67 Å². The van der Waals surface area contributed by atoms with E-state index >= 15 is 0 Å². The maximum Gasteiger partial charge on any atom is 0.524 e. The molecule has 1 aliphatic heterocycles. The zero-order valence-electron chi connectivity index (χ0n) is 16.3. The van der Waals surface area contributed by atoms with Crippen LogP contribution in [0.3, 0.4) is 0 Å². The zero-order valence-corrected chi connectivity index (χ0v) is 16.3. The summed E-state index contributed by atoms with van der Waals surface area (Å²) < 4.78 is 28.1. The first-order valence-corrected chi connectivity index (χ1v) is 9.47. The fourth-order valence-electron chi connectivity index (χ4n) is 3.15. The first-order valence-electron chi connectivity index (χ1n) is 9.47. The van der Waals surface area contributed by atoms with Crippen molar-refractivity contribution in [2.24, 2.45) is 0 Å². The van der Waals surface area contributed by atoms with Crippen LogP contribution in [0.4, 0.5) is 4.39 Å². The Hall–Kier alpha value is -1.99. The predicted molar refractivity (Wildman–Crippen MR) is 103 cm³/mol. The summed E-state index contributed by atoms with van der Waals surface area (Å²) in [5, 5.41) is 4.66. The van der Waals surface area contributed by atoms with E-state index in [0.717, 1.165) is 29.9 Å². The summed E-state index contributed by atoms with van der Waals surface area (Å²) in [6.45, 7) is 8.00. The molecule has 1 aliphatic carbocycles. The molecule has 3 heterocycles. The second-order valence-electron chi connectivity index (χ2n) is 8.30. The lowest BCUT2D eigenvalue weighted by molar-refractivity contribution is 0.00578. The minimum atomic E-state index is -0.967. The average Bonchev–Trinajstić information content (AvgIpc) is 3.33. The molecule has 0 N–H and O–H groups in total. The number of aromatic nitrogens is 3. The minimum Gasteiger partial charge on any atom is -0.398 e. The van der Waals surface area contributed by atoms with Crippen molar-refractivity contribution < 1.29 is 13.7 Å². The molecule has 2 aromatic heterocycles. The molecular formula is C20H25BFN3O2. The Bertz CT molecular complexity index is 843. The van der Waals surface area contributed by atoms with E-state index in [-0.39, 0.29) is 0 Å². The number of pyridine rings is 1. The SMILES string of the molecule is CC1(C)OB(C(F)=CCn2nc(-c3ccccn3)cc2C2CC2)OC1(C)C. The summed E-state index contributed by atoms with van der Waals surface area (Å²) in [5.74, 6) is 0.503. The molecule has 0 radical (unpaired) electrons. The monoisotopic (exact) mass is 369 g/mol. The molecule has 2 aliphatic rings. The van der Waals surface area contributed by atoms with Crippen LogP contribution >= 0.6 is 0 Å². The summed E-state index contributed by atoms with van der Waals surface area (Å²) in [4.78, 5) is 4.37. The maximum atomic E-state index is 14.7. The summed E-state index contributed by atoms with van der Waals surface area (Å²) in [6.07, 6.45) is 5.56. The van der Waals surface area contributed by atoms with Crippen molar-refractivity contribution in [1.82, 2.24) is 14.8 Å². The van der Waals surface area contributed by atoms with Crippen LogP contribution in [-0.4, -0.2) is 33.1 Å². The van der Waals surface area contributed by atoms with Gasteiger partial charge in [-0.25, -0.2) is 4.39 Å². The van der Waals surface area contributed by atoms with Crippen LogP contribution in [0.1, 0.15) is 52.1 Å². The summed E-state index contributed by atoms with van der Waals surface area (Å²) in [6, 6.07) is 7.83. The fourth-order valence-corrected chi connectivity index (χ4v) is 3.15. The first-order chi connectivity index (χ1) is 12.8. The molecule has 27 heavy (non-hydrogen) atoms. The van der Waals surface area contributed by atoms with Gasteiger partial charge in [-0.15, -0.1) is 0 Å². The van der Waals surface area contributed by atoms with Gasteiger partial charge in [-0.05, 0) is 64.8 Å². The Morgan fingerprint density at radius 3 is 2.52 bits per heavy atom. The Morgan fingerprint density at radius 2 is 1.93 bits per heavy atom. The largest absolute Gasteiger partial charge is 0.524 e. The molecule has 0 bridgehead atoms. The zero-order chi connectivity index (χ0) is 19.2. The smallest absolute Gasteiger partial charge is 0.398 e. The van der Waals surface area contributed by atoms with E-state index in [9.17, 15) is 4.39 Å². The molecule has 0 unspecified atom stereocenters. The Kier molecular flexibility index (Phi) is 4.47. The highest BCUT2D eigenvalue weighted by Gasteiger charge is 2.53. The lowest BCUT2D eigenvalue weighted by atomic mass is 9.88. The van der Waals surface area contributed by atoms with Gasteiger partial charge in [0.05, 0.1) is 23.4 Å². The van der Waals surface area contributed by atoms with Crippen molar-refractivity contribution in [3.8, 4) is 11.4 Å². The van der Waals surface area contributed by atoms with Crippen LogP contribution in [0, 0.1) is 0 Å². The van der Waals surface area contributed by atoms with Crippen LogP contribution in [0.25, 0.3) is 11.4 Å². The minimum absolute atomic E-state index is 0.342. The van der Waals surface area contributed by atoms with Crippen LogP contribution in [0.15, 0.2) is 42.3 Å². The third kappa shape index (κ3) is 3.58. The first kappa shape index (κ1) is 18.4. The number of allylic oxidation sites excluding steroid dienone is 1. The van der Waals surface area contributed by atoms with Crippen molar-refractivity contribution in [3.05, 3.63) is 48.0 Å². The third-order valence-electron chi connectivity index (χ3n) is 5.67. The molecule has 2 aromatic rings. The standard InChI is InChI=1S/C20H25BFN3O2/c1-19(2)20(3,4)27-21(26-19)18(22)10-12-25-17(14-8-9-14)13-16(24-25)15-7-5-6-11-23-15/h5-7,10-11,13-14H,8-9,12H2,1-4H3. The molecule has 0 amide bonds. The number of hydrogen-bond donors (Lipinski definition) is 0. The second-order valence-corrected chi connectivity index (χ2v) is 8.30. The Labute approximate surface area is 159 Å².